The first kappa shape index (κ1) is 23.0. The highest BCUT2D eigenvalue weighted by molar-refractivity contribution is 14.0. The van der Waals surface area contributed by atoms with E-state index in [1.54, 1.807) is 6.07 Å². The summed E-state index contributed by atoms with van der Waals surface area (Å²) in [7, 11) is 0. The molecule has 0 aliphatic carbocycles. The van der Waals surface area contributed by atoms with E-state index in [1.165, 1.54) is 25.9 Å². The molecule has 5 nitrogen and oxygen atoms in total. The van der Waals surface area contributed by atoms with E-state index in [4.69, 9.17) is 0 Å². The summed E-state index contributed by atoms with van der Waals surface area (Å²) in [6.45, 7) is 10.6. The highest BCUT2D eigenvalue weighted by Gasteiger charge is 2.14. The van der Waals surface area contributed by atoms with Crippen molar-refractivity contribution in [2.45, 2.75) is 39.5 Å². The lowest BCUT2D eigenvalue weighted by molar-refractivity contribution is 0.192. The van der Waals surface area contributed by atoms with Crippen LogP contribution in [0, 0.1) is 5.92 Å². The number of guanidine groups is 1. The Morgan fingerprint density at radius 1 is 1.27 bits per heavy atom. The molecule has 0 atom stereocenters. The summed E-state index contributed by atoms with van der Waals surface area (Å²) in [4.78, 5) is 7.25. The summed E-state index contributed by atoms with van der Waals surface area (Å²) >= 11 is 0. The molecule has 0 aromatic heterocycles. The maximum absolute atomic E-state index is 9.51. The number of benzene rings is 1. The average molecular weight is 474 g/mol. The van der Waals surface area contributed by atoms with Gasteiger partial charge in [0.15, 0.2) is 5.96 Å². The molecule has 3 N–H and O–H groups in total. The number of aromatic hydroxyl groups is 1. The third-order valence-electron chi connectivity index (χ3n) is 4.74. The number of phenolic OH excluding ortho intramolecular Hbond substituents is 1. The Balaban J connectivity index is 0.00000338. The third-order valence-corrected chi connectivity index (χ3v) is 4.74. The lowest BCUT2D eigenvalue weighted by atomic mass is 9.99. The van der Waals surface area contributed by atoms with Gasteiger partial charge in [0.25, 0.3) is 0 Å². The SMILES string of the molecule is CCNC(=NCCCN1CCC(C)CC1)NCCc1cccc(O)c1.I. The van der Waals surface area contributed by atoms with E-state index in [9.17, 15) is 5.11 Å². The molecular weight excluding hydrogens is 439 g/mol. The maximum Gasteiger partial charge on any atom is 0.191 e. The van der Waals surface area contributed by atoms with Crippen LogP contribution in [0.4, 0.5) is 0 Å². The Hall–Kier alpha value is -1.02. The van der Waals surface area contributed by atoms with Crippen molar-refractivity contribution < 1.29 is 5.11 Å². The zero-order valence-corrected chi connectivity index (χ0v) is 18.5. The van der Waals surface area contributed by atoms with Crippen LogP contribution in [0.3, 0.4) is 0 Å². The minimum Gasteiger partial charge on any atom is -0.508 e. The number of halogens is 1. The molecule has 1 fully saturated rings. The standard InChI is InChI=1S/C20H34N4O.HI/c1-3-21-20(23-12-8-18-6-4-7-19(25)16-18)22-11-5-13-24-14-9-17(2)10-15-24;/h4,6-7,16-17,25H,3,5,8-15H2,1-2H3,(H2,21,22,23);1H. The molecule has 0 radical (unpaired) electrons. The van der Waals surface area contributed by atoms with Crippen molar-refractivity contribution in [3.8, 4) is 5.75 Å². The number of hydrogen-bond acceptors (Lipinski definition) is 3. The summed E-state index contributed by atoms with van der Waals surface area (Å²) in [6, 6.07) is 7.42. The molecule has 1 saturated heterocycles. The lowest BCUT2D eigenvalue weighted by Crippen LogP contribution is -2.38. The van der Waals surface area contributed by atoms with Crippen LogP contribution >= 0.6 is 24.0 Å². The monoisotopic (exact) mass is 474 g/mol. The van der Waals surface area contributed by atoms with Crippen molar-refractivity contribution in [2.75, 3.05) is 39.3 Å². The van der Waals surface area contributed by atoms with Crippen molar-refractivity contribution in [1.29, 1.82) is 0 Å². The molecule has 1 aromatic rings. The predicted molar refractivity (Wildman–Crippen MR) is 121 cm³/mol. The minimum absolute atomic E-state index is 0. The van der Waals surface area contributed by atoms with Crippen molar-refractivity contribution in [3.63, 3.8) is 0 Å². The Labute approximate surface area is 175 Å². The van der Waals surface area contributed by atoms with Crippen LogP contribution in [-0.2, 0) is 6.42 Å². The van der Waals surface area contributed by atoms with Crippen LogP contribution in [0.5, 0.6) is 5.75 Å². The van der Waals surface area contributed by atoms with E-state index in [0.29, 0.717) is 5.75 Å². The van der Waals surface area contributed by atoms with Gasteiger partial charge in [0.2, 0.25) is 0 Å². The highest BCUT2D eigenvalue weighted by atomic mass is 127. The van der Waals surface area contributed by atoms with Crippen molar-refractivity contribution in [1.82, 2.24) is 15.5 Å². The number of rotatable bonds is 8. The first-order chi connectivity index (χ1) is 12.2. The quantitative estimate of drug-likeness (QED) is 0.234. The molecular formula is C20H35IN4O. The zero-order valence-electron chi connectivity index (χ0n) is 16.2. The Kier molecular flexibility index (Phi) is 11.7. The maximum atomic E-state index is 9.51. The number of likely N-dealkylation sites (tertiary alicyclic amines) is 1. The number of hydrogen-bond donors (Lipinski definition) is 3. The largest absolute Gasteiger partial charge is 0.508 e. The van der Waals surface area contributed by atoms with Crippen LogP contribution in [0.2, 0.25) is 0 Å². The predicted octanol–water partition coefficient (Wildman–Crippen LogP) is 3.23. The minimum atomic E-state index is 0. The number of aliphatic imine (C=N–C) groups is 1. The molecule has 0 spiro atoms. The van der Waals surface area contributed by atoms with Gasteiger partial charge < -0.3 is 20.6 Å². The fraction of sp³-hybridized carbons (Fsp3) is 0.650. The highest BCUT2D eigenvalue weighted by Crippen LogP contribution is 2.15. The van der Waals surface area contributed by atoms with E-state index in [0.717, 1.165) is 56.5 Å². The first-order valence-corrected chi connectivity index (χ1v) is 9.70. The van der Waals surface area contributed by atoms with Gasteiger partial charge in [-0.2, -0.15) is 0 Å². The van der Waals surface area contributed by atoms with Gasteiger partial charge in [-0.3, -0.25) is 4.99 Å². The fourth-order valence-electron chi connectivity index (χ4n) is 3.15. The molecule has 0 saturated carbocycles. The van der Waals surface area contributed by atoms with Crippen molar-refractivity contribution >= 4 is 29.9 Å². The van der Waals surface area contributed by atoms with E-state index in [2.05, 4.69) is 34.4 Å². The molecule has 0 unspecified atom stereocenters. The van der Waals surface area contributed by atoms with Gasteiger partial charge in [-0.25, -0.2) is 0 Å². The van der Waals surface area contributed by atoms with Gasteiger partial charge in [-0.15, -0.1) is 24.0 Å². The van der Waals surface area contributed by atoms with Gasteiger partial charge in [-0.05, 0) is 75.9 Å². The Bertz CT molecular complexity index is 530. The summed E-state index contributed by atoms with van der Waals surface area (Å²) in [5.41, 5.74) is 1.13. The summed E-state index contributed by atoms with van der Waals surface area (Å²) < 4.78 is 0. The van der Waals surface area contributed by atoms with Gasteiger partial charge in [-0.1, -0.05) is 19.1 Å². The van der Waals surface area contributed by atoms with E-state index >= 15 is 0 Å². The fourth-order valence-corrected chi connectivity index (χ4v) is 3.15. The molecule has 2 rings (SSSR count). The molecule has 1 aliphatic rings. The topological polar surface area (TPSA) is 59.9 Å². The Morgan fingerprint density at radius 3 is 2.73 bits per heavy atom. The van der Waals surface area contributed by atoms with E-state index in [-0.39, 0.29) is 24.0 Å². The van der Waals surface area contributed by atoms with Crippen molar-refractivity contribution in [3.05, 3.63) is 29.8 Å². The number of nitrogens with zero attached hydrogens (tertiary/aromatic N) is 2. The molecule has 1 aliphatic heterocycles. The number of nitrogens with one attached hydrogen (secondary N) is 2. The summed E-state index contributed by atoms with van der Waals surface area (Å²) in [6.07, 6.45) is 4.65. The lowest BCUT2D eigenvalue weighted by Gasteiger charge is -2.29. The molecule has 6 heteroatoms. The van der Waals surface area contributed by atoms with Crippen LogP contribution < -0.4 is 10.6 Å². The molecule has 1 heterocycles. The van der Waals surface area contributed by atoms with Gasteiger partial charge in [0.05, 0.1) is 0 Å². The molecule has 0 bridgehead atoms. The molecule has 1 aromatic carbocycles. The normalized spacial score (nSPS) is 16.2. The smallest absolute Gasteiger partial charge is 0.191 e. The third kappa shape index (κ3) is 9.07. The molecule has 148 valence electrons. The van der Waals surface area contributed by atoms with Crippen LogP contribution in [0.1, 0.15) is 38.7 Å². The second-order valence-electron chi connectivity index (χ2n) is 6.99. The molecule has 0 amide bonds. The second kappa shape index (κ2) is 13.2. The number of phenols is 1. The van der Waals surface area contributed by atoms with Crippen LogP contribution in [0.25, 0.3) is 0 Å². The van der Waals surface area contributed by atoms with Gasteiger partial charge in [0.1, 0.15) is 5.75 Å². The summed E-state index contributed by atoms with van der Waals surface area (Å²) in [5, 5.41) is 16.2. The van der Waals surface area contributed by atoms with Gasteiger partial charge >= 0.3 is 0 Å². The Morgan fingerprint density at radius 2 is 2.04 bits per heavy atom. The summed E-state index contributed by atoms with van der Waals surface area (Å²) in [5.74, 6) is 2.10. The van der Waals surface area contributed by atoms with Crippen LogP contribution in [-0.4, -0.2) is 55.2 Å². The van der Waals surface area contributed by atoms with Crippen LogP contribution in [0.15, 0.2) is 29.3 Å². The second-order valence-corrected chi connectivity index (χ2v) is 6.99. The van der Waals surface area contributed by atoms with Gasteiger partial charge in [0, 0.05) is 19.6 Å². The van der Waals surface area contributed by atoms with Crippen molar-refractivity contribution in [2.24, 2.45) is 10.9 Å². The van der Waals surface area contributed by atoms with E-state index in [1.807, 2.05) is 18.2 Å². The average Bonchev–Trinajstić information content (AvgIpc) is 2.60. The zero-order chi connectivity index (χ0) is 17.9. The van der Waals surface area contributed by atoms with E-state index < -0.39 is 0 Å². The molecule has 26 heavy (non-hydrogen) atoms. The number of piperidine rings is 1. The first-order valence-electron chi connectivity index (χ1n) is 9.70.